The van der Waals surface area contributed by atoms with Crippen LogP contribution in [0.3, 0.4) is 0 Å². The molecule has 0 bridgehead atoms. The fraction of sp³-hybridized carbons (Fsp3) is 0.233. The molecule has 1 amide bonds. The monoisotopic (exact) mass is 574 g/mol. The van der Waals surface area contributed by atoms with Gasteiger partial charge < -0.3 is 28.8 Å². The van der Waals surface area contributed by atoms with Crippen molar-refractivity contribution in [1.82, 2.24) is 4.98 Å². The van der Waals surface area contributed by atoms with Gasteiger partial charge in [0.15, 0.2) is 28.1 Å². The zero-order chi connectivity index (χ0) is 28.8. The highest BCUT2D eigenvalue weighted by Crippen LogP contribution is 2.48. The average molecular weight is 575 g/mol. The summed E-state index contributed by atoms with van der Waals surface area (Å²) in [5.74, 6) is -0.0836. The Kier molecular flexibility index (Phi) is 6.66. The summed E-state index contributed by atoms with van der Waals surface area (Å²) in [6.07, 6.45) is 0. The maximum absolute atomic E-state index is 13.7. The van der Waals surface area contributed by atoms with Gasteiger partial charge in [-0.15, -0.1) is 0 Å². The molecule has 210 valence electrons. The molecule has 1 aromatic heterocycles. The summed E-state index contributed by atoms with van der Waals surface area (Å²) < 4.78 is 28.7. The third-order valence-corrected chi connectivity index (χ3v) is 8.02. The van der Waals surface area contributed by atoms with Gasteiger partial charge in [0.1, 0.15) is 19.0 Å². The number of nitrogens with zero attached hydrogens (tertiary/aromatic N) is 2. The van der Waals surface area contributed by atoms with Gasteiger partial charge in [0.05, 0.1) is 43.2 Å². The Morgan fingerprint density at radius 3 is 2.34 bits per heavy atom. The van der Waals surface area contributed by atoms with Gasteiger partial charge in [-0.1, -0.05) is 17.4 Å². The lowest BCUT2D eigenvalue weighted by atomic mass is 9.94. The van der Waals surface area contributed by atoms with Crippen molar-refractivity contribution in [2.24, 2.45) is 0 Å². The minimum atomic E-state index is -1.06. The number of anilines is 1. The number of aromatic nitrogens is 1. The fourth-order valence-corrected chi connectivity index (χ4v) is 6.16. The van der Waals surface area contributed by atoms with E-state index in [2.05, 4.69) is 4.98 Å². The number of methoxy groups -OCH3 is 3. The van der Waals surface area contributed by atoms with E-state index in [9.17, 15) is 14.7 Å². The van der Waals surface area contributed by atoms with Crippen LogP contribution in [-0.4, -0.2) is 56.3 Å². The molecule has 1 saturated heterocycles. The summed E-state index contributed by atoms with van der Waals surface area (Å²) in [5.41, 5.74) is 2.36. The van der Waals surface area contributed by atoms with Gasteiger partial charge in [0, 0.05) is 5.56 Å². The van der Waals surface area contributed by atoms with Crippen molar-refractivity contribution in [3.8, 4) is 28.7 Å². The van der Waals surface area contributed by atoms with Gasteiger partial charge in [-0.05, 0) is 60.5 Å². The number of benzene rings is 3. The first kappa shape index (κ1) is 26.5. The smallest absolute Gasteiger partial charge is 0.301 e. The predicted molar refractivity (Wildman–Crippen MR) is 153 cm³/mol. The number of hydrogen-bond donors (Lipinski definition) is 1. The molecule has 4 aromatic rings. The number of carbonyl (C=O) groups excluding carboxylic acids is 2. The highest BCUT2D eigenvalue weighted by atomic mass is 32.1. The first-order valence-corrected chi connectivity index (χ1v) is 13.5. The summed E-state index contributed by atoms with van der Waals surface area (Å²) in [6.45, 7) is 2.73. The van der Waals surface area contributed by atoms with Crippen LogP contribution in [0.1, 0.15) is 22.7 Å². The molecule has 2 aliphatic rings. The summed E-state index contributed by atoms with van der Waals surface area (Å²) in [5, 5.41) is 11.9. The molecule has 1 N–H and O–H groups in total. The van der Waals surface area contributed by atoms with Crippen LogP contribution in [-0.2, 0) is 9.59 Å². The first-order valence-electron chi connectivity index (χ1n) is 12.7. The van der Waals surface area contributed by atoms with Gasteiger partial charge in [0.2, 0.25) is 5.75 Å². The van der Waals surface area contributed by atoms with Crippen molar-refractivity contribution in [2.45, 2.75) is 13.0 Å². The molecule has 11 heteroatoms. The number of ketones is 1. The lowest BCUT2D eigenvalue weighted by Crippen LogP contribution is -2.29. The topological polar surface area (TPSA) is 117 Å². The molecular weight excluding hydrogens is 548 g/mol. The lowest BCUT2D eigenvalue weighted by molar-refractivity contribution is -0.132. The van der Waals surface area contributed by atoms with Crippen LogP contribution in [0.4, 0.5) is 5.13 Å². The van der Waals surface area contributed by atoms with E-state index >= 15 is 0 Å². The number of fused-ring (bicyclic) bond motifs is 2. The van der Waals surface area contributed by atoms with E-state index in [0.29, 0.717) is 63.7 Å². The first-order chi connectivity index (χ1) is 19.8. The van der Waals surface area contributed by atoms with Crippen LogP contribution in [0.25, 0.3) is 16.0 Å². The van der Waals surface area contributed by atoms with E-state index in [0.717, 1.165) is 10.3 Å². The van der Waals surface area contributed by atoms with E-state index in [4.69, 9.17) is 23.7 Å². The van der Waals surface area contributed by atoms with Crippen molar-refractivity contribution >= 4 is 44.1 Å². The molecule has 3 heterocycles. The lowest BCUT2D eigenvalue weighted by Gasteiger charge is -2.25. The SMILES string of the molecule is COc1cc(C2C(=C(O)c3ccc4c(c3)OCCO4)C(=O)C(=O)N2c2nc3ccc(C)cc3s2)cc(OC)c1OC. The molecule has 1 fully saturated rings. The quantitative estimate of drug-likeness (QED) is 0.192. The van der Waals surface area contributed by atoms with Crippen molar-refractivity contribution in [2.75, 3.05) is 39.4 Å². The Balaban J connectivity index is 1.59. The Morgan fingerprint density at radius 1 is 0.951 bits per heavy atom. The third kappa shape index (κ3) is 4.38. The fourth-order valence-electron chi connectivity index (χ4n) is 5.07. The van der Waals surface area contributed by atoms with Crippen molar-refractivity contribution in [3.05, 3.63) is 70.8 Å². The molecule has 10 nitrogen and oxygen atoms in total. The molecule has 0 radical (unpaired) electrons. The Hall–Kier alpha value is -4.77. The van der Waals surface area contributed by atoms with Crippen molar-refractivity contribution in [1.29, 1.82) is 0 Å². The molecular formula is C30H26N2O8S. The number of Topliss-reactive ketones (excluding diaryl/α,β-unsaturated/α-hetero) is 1. The summed E-state index contributed by atoms with van der Waals surface area (Å²) in [6, 6.07) is 12.9. The Bertz CT molecular complexity index is 1720. The second-order valence-electron chi connectivity index (χ2n) is 9.45. The zero-order valence-electron chi connectivity index (χ0n) is 22.7. The van der Waals surface area contributed by atoms with Gasteiger partial charge in [-0.25, -0.2) is 4.98 Å². The van der Waals surface area contributed by atoms with Gasteiger partial charge in [0.25, 0.3) is 5.78 Å². The van der Waals surface area contributed by atoms with Crippen LogP contribution in [0, 0.1) is 6.92 Å². The van der Waals surface area contributed by atoms with Gasteiger partial charge in [-0.3, -0.25) is 14.5 Å². The molecule has 1 atom stereocenters. The molecule has 1 unspecified atom stereocenters. The summed E-state index contributed by atoms with van der Waals surface area (Å²) in [7, 11) is 4.43. The molecule has 0 aliphatic carbocycles. The van der Waals surface area contributed by atoms with E-state index in [1.54, 1.807) is 30.3 Å². The second-order valence-corrected chi connectivity index (χ2v) is 10.5. The Morgan fingerprint density at radius 2 is 1.66 bits per heavy atom. The number of hydrogen-bond acceptors (Lipinski definition) is 10. The largest absolute Gasteiger partial charge is 0.507 e. The predicted octanol–water partition coefficient (Wildman–Crippen LogP) is 5.03. The highest BCUT2D eigenvalue weighted by molar-refractivity contribution is 7.22. The number of ether oxygens (including phenoxy) is 5. The van der Waals surface area contributed by atoms with E-state index < -0.39 is 17.7 Å². The number of amides is 1. The summed E-state index contributed by atoms with van der Waals surface area (Å²) in [4.78, 5) is 33.4. The minimum Gasteiger partial charge on any atom is -0.507 e. The number of rotatable bonds is 6. The molecule has 0 saturated carbocycles. The number of aliphatic hydroxyl groups is 1. The maximum Gasteiger partial charge on any atom is 0.301 e. The molecule has 41 heavy (non-hydrogen) atoms. The van der Waals surface area contributed by atoms with Crippen molar-refractivity contribution < 1.29 is 38.4 Å². The van der Waals surface area contributed by atoms with Crippen molar-refractivity contribution in [3.63, 3.8) is 0 Å². The van der Waals surface area contributed by atoms with Crippen LogP contribution in [0.5, 0.6) is 28.7 Å². The second kappa shape index (κ2) is 10.3. The third-order valence-electron chi connectivity index (χ3n) is 7.00. The maximum atomic E-state index is 13.7. The normalized spacial score (nSPS) is 17.7. The number of aliphatic hydroxyl groups excluding tert-OH is 1. The molecule has 2 aliphatic heterocycles. The zero-order valence-corrected chi connectivity index (χ0v) is 23.5. The van der Waals surface area contributed by atoms with E-state index in [1.165, 1.54) is 37.6 Å². The summed E-state index contributed by atoms with van der Waals surface area (Å²) >= 11 is 1.28. The average Bonchev–Trinajstić information content (AvgIpc) is 3.52. The highest BCUT2D eigenvalue weighted by Gasteiger charge is 2.48. The van der Waals surface area contributed by atoms with Gasteiger partial charge >= 0.3 is 5.91 Å². The number of aryl methyl sites for hydroxylation is 1. The van der Waals surface area contributed by atoms with Gasteiger partial charge in [-0.2, -0.15) is 0 Å². The van der Waals surface area contributed by atoms with Crippen LogP contribution < -0.4 is 28.6 Å². The van der Waals surface area contributed by atoms with E-state index in [1.807, 2.05) is 25.1 Å². The minimum absolute atomic E-state index is 0.114. The Labute approximate surface area is 239 Å². The molecule has 3 aromatic carbocycles. The van der Waals surface area contributed by atoms with Crippen LogP contribution in [0.2, 0.25) is 0 Å². The number of carbonyl (C=O) groups is 2. The molecule has 6 rings (SSSR count). The molecule has 0 spiro atoms. The van der Waals surface area contributed by atoms with Crippen LogP contribution >= 0.6 is 11.3 Å². The van der Waals surface area contributed by atoms with Crippen LogP contribution in [0.15, 0.2) is 54.1 Å². The van der Waals surface area contributed by atoms with E-state index in [-0.39, 0.29) is 11.3 Å². The standard InChI is InChI=1S/C30H26N2O8S/c1-15-5-7-18-23(11-15)41-30(31-18)32-25(17-13-21(36-2)28(38-4)22(14-17)37-3)24(27(34)29(32)35)26(33)16-6-8-19-20(12-16)40-10-9-39-19/h5-8,11-14,25,33H,9-10H2,1-4H3. The number of thiazole rings is 1.